The number of hydrogen-bond donors (Lipinski definition) is 2. The van der Waals surface area contributed by atoms with Crippen LogP contribution in [-0.4, -0.2) is 5.25 Å². The molecule has 1 aliphatic rings. The van der Waals surface area contributed by atoms with Crippen molar-refractivity contribution in [1.29, 1.82) is 0 Å². The maximum atomic E-state index is 12.7. The van der Waals surface area contributed by atoms with Gasteiger partial charge in [-0.25, -0.2) is 0 Å². The Labute approximate surface area is 225 Å². The molecule has 0 bridgehead atoms. The Morgan fingerprint density at radius 3 is 2.11 bits per heavy atom. The molecule has 0 saturated carbocycles. The van der Waals surface area contributed by atoms with Crippen LogP contribution in [0.5, 0.6) is 0 Å². The molecule has 37 heavy (non-hydrogen) atoms. The summed E-state index contributed by atoms with van der Waals surface area (Å²) in [6.45, 7) is 12.0. The zero-order valence-corrected chi connectivity index (χ0v) is 23.1. The fourth-order valence-corrected chi connectivity index (χ4v) is 6.34. The van der Waals surface area contributed by atoms with Crippen molar-refractivity contribution in [3.8, 4) is 0 Å². The van der Waals surface area contributed by atoms with E-state index in [2.05, 4.69) is 63.0 Å². The molecule has 2 nitrogen and oxygen atoms in total. The van der Waals surface area contributed by atoms with Crippen LogP contribution in [0.4, 0.5) is 13.2 Å². The number of thioether (sulfide) groups is 1. The molecule has 0 amide bonds. The second-order valence-electron chi connectivity index (χ2n) is 10.5. The molecule has 3 N–H and O–H groups in total. The molecule has 4 unspecified atom stereocenters. The van der Waals surface area contributed by atoms with E-state index in [1.54, 1.807) is 12.1 Å². The van der Waals surface area contributed by atoms with Crippen LogP contribution in [0.2, 0.25) is 0 Å². The zero-order chi connectivity index (χ0) is 27.0. The molecule has 0 fully saturated rings. The predicted octanol–water partition coefficient (Wildman–Crippen LogP) is 8.48. The normalized spacial score (nSPS) is 19.4. The van der Waals surface area contributed by atoms with Crippen molar-refractivity contribution < 1.29 is 13.2 Å². The molecular weight excluding hydrogens is 489 g/mol. The summed E-state index contributed by atoms with van der Waals surface area (Å²) in [7, 11) is 0. The van der Waals surface area contributed by atoms with E-state index in [0.29, 0.717) is 29.4 Å². The summed E-state index contributed by atoms with van der Waals surface area (Å²) < 4.78 is 38.2. The van der Waals surface area contributed by atoms with E-state index in [9.17, 15) is 13.2 Å². The second-order valence-corrected chi connectivity index (χ2v) is 11.7. The summed E-state index contributed by atoms with van der Waals surface area (Å²) in [5, 5.41) is 5.08. The van der Waals surface area contributed by atoms with Crippen LogP contribution in [0.1, 0.15) is 68.7 Å². The average molecular weight is 531 g/mol. The Hall–Kier alpha value is -2.34. The summed E-state index contributed by atoms with van der Waals surface area (Å²) >= 11 is 1.82. The van der Waals surface area contributed by atoms with Gasteiger partial charge in [-0.05, 0) is 72.3 Å². The first-order chi connectivity index (χ1) is 17.6. The third kappa shape index (κ3) is 8.87. The molecule has 202 valence electrons. The number of nitrogens with one attached hydrogen (secondary N) is 1. The molecule has 0 radical (unpaired) electrons. The zero-order valence-electron chi connectivity index (χ0n) is 22.3. The van der Waals surface area contributed by atoms with Crippen molar-refractivity contribution in [1.82, 2.24) is 5.32 Å². The van der Waals surface area contributed by atoms with Crippen LogP contribution < -0.4 is 11.1 Å². The van der Waals surface area contributed by atoms with Crippen LogP contribution in [0.3, 0.4) is 0 Å². The Morgan fingerprint density at radius 1 is 1.03 bits per heavy atom. The highest BCUT2D eigenvalue weighted by Gasteiger charge is 2.31. The third-order valence-corrected chi connectivity index (χ3v) is 8.93. The smallest absolute Gasteiger partial charge is 0.394 e. The first-order valence-corrected chi connectivity index (χ1v) is 14.2. The van der Waals surface area contributed by atoms with E-state index >= 15 is 0 Å². The first kappa shape index (κ1) is 29.2. The van der Waals surface area contributed by atoms with Gasteiger partial charge in [0.05, 0.1) is 10.6 Å². The first-order valence-electron chi connectivity index (χ1n) is 13.4. The fraction of sp³-hybridized carbons (Fsp3) is 0.484. The Morgan fingerprint density at radius 2 is 1.59 bits per heavy atom. The molecule has 0 aromatic heterocycles. The summed E-state index contributed by atoms with van der Waals surface area (Å²) in [6.07, 6.45) is 4.02. The van der Waals surface area contributed by atoms with E-state index in [4.69, 9.17) is 5.73 Å². The number of rotatable bonds is 13. The molecule has 6 heteroatoms. The van der Waals surface area contributed by atoms with Gasteiger partial charge in [0.1, 0.15) is 0 Å². The van der Waals surface area contributed by atoms with Gasteiger partial charge < -0.3 is 11.1 Å². The van der Waals surface area contributed by atoms with Crippen molar-refractivity contribution in [3.05, 3.63) is 94.2 Å². The number of aryl methyl sites for hydroxylation is 2. The van der Waals surface area contributed by atoms with Gasteiger partial charge in [0, 0.05) is 17.5 Å². The highest BCUT2D eigenvalue weighted by molar-refractivity contribution is 8.03. The van der Waals surface area contributed by atoms with E-state index in [1.165, 1.54) is 24.0 Å². The number of benzene rings is 2. The van der Waals surface area contributed by atoms with E-state index in [0.717, 1.165) is 54.2 Å². The SMILES string of the molecule is C=C(NCc1ccc(CCc2ccc(C(F)(F)F)cc2)cc1)C(CCCC)CC(C)C1SC(N)=CC1C. The van der Waals surface area contributed by atoms with Crippen molar-refractivity contribution in [3.63, 3.8) is 0 Å². The van der Waals surface area contributed by atoms with Crippen LogP contribution in [0, 0.1) is 17.8 Å². The highest BCUT2D eigenvalue weighted by atomic mass is 32.2. The number of halogens is 3. The lowest BCUT2D eigenvalue weighted by Gasteiger charge is -2.29. The van der Waals surface area contributed by atoms with Gasteiger partial charge in [0.15, 0.2) is 0 Å². The van der Waals surface area contributed by atoms with Gasteiger partial charge in [-0.2, -0.15) is 13.2 Å². The Bertz CT molecular complexity index is 1030. The van der Waals surface area contributed by atoms with Crippen molar-refractivity contribution in [2.75, 3.05) is 0 Å². The molecule has 4 atom stereocenters. The van der Waals surface area contributed by atoms with Gasteiger partial charge in [-0.15, -0.1) is 11.8 Å². The van der Waals surface area contributed by atoms with E-state index in [1.807, 2.05) is 11.8 Å². The Balaban J connectivity index is 1.49. The van der Waals surface area contributed by atoms with Gasteiger partial charge in [-0.1, -0.05) is 82.7 Å². The van der Waals surface area contributed by atoms with Crippen molar-refractivity contribution >= 4 is 11.8 Å². The molecular formula is C31H41F3N2S. The topological polar surface area (TPSA) is 38.0 Å². The second kappa shape index (κ2) is 13.5. The van der Waals surface area contributed by atoms with Crippen LogP contribution in [-0.2, 0) is 25.6 Å². The van der Waals surface area contributed by atoms with Gasteiger partial charge >= 0.3 is 6.18 Å². The van der Waals surface area contributed by atoms with Crippen LogP contribution >= 0.6 is 11.8 Å². The monoisotopic (exact) mass is 530 g/mol. The van der Waals surface area contributed by atoms with Gasteiger partial charge in [0.2, 0.25) is 0 Å². The summed E-state index contributed by atoms with van der Waals surface area (Å²) in [5.41, 5.74) is 9.86. The summed E-state index contributed by atoms with van der Waals surface area (Å²) in [4.78, 5) is 0. The number of allylic oxidation sites excluding steroid dienone is 2. The number of alkyl halides is 3. The summed E-state index contributed by atoms with van der Waals surface area (Å²) in [6, 6.07) is 13.9. The average Bonchev–Trinajstić information content (AvgIpc) is 3.21. The summed E-state index contributed by atoms with van der Waals surface area (Å²) in [5.74, 6) is 1.50. The minimum absolute atomic E-state index is 0.438. The molecule has 0 spiro atoms. The minimum Gasteiger partial charge on any atom is -0.394 e. The number of hydrogen-bond acceptors (Lipinski definition) is 3. The molecule has 2 aromatic carbocycles. The molecule has 1 heterocycles. The molecule has 1 aliphatic heterocycles. The van der Waals surface area contributed by atoms with Crippen molar-refractivity contribution in [2.24, 2.45) is 23.5 Å². The lowest BCUT2D eigenvalue weighted by Crippen LogP contribution is -2.26. The predicted molar refractivity (Wildman–Crippen MR) is 151 cm³/mol. The number of unbranched alkanes of at least 4 members (excludes halogenated alkanes) is 1. The fourth-order valence-electron chi connectivity index (χ4n) is 5.09. The van der Waals surface area contributed by atoms with Crippen LogP contribution in [0.25, 0.3) is 0 Å². The van der Waals surface area contributed by atoms with Crippen LogP contribution in [0.15, 0.2) is 71.9 Å². The quantitative estimate of drug-likeness (QED) is 0.273. The Kier molecular flexibility index (Phi) is 10.6. The van der Waals surface area contributed by atoms with Gasteiger partial charge in [-0.3, -0.25) is 0 Å². The van der Waals surface area contributed by atoms with Crippen molar-refractivity contribution in [2.45, 2.75) is 77.3 Å². The maximum absolute atomic E-state index is 12.7. The largest absolute Gasteiger partial charge is 0.416 e. The molecule has 2 aromatic rings. The number of nitrogens with two attached hydrogens (primary N) is 1. The van der Waals surface area contributed by atoms with E-state index < -0.39 is 11.7 Å². The maximum Gasteiger partial charge on any atom is 0.416 e. The standard InChI is InChI=1S/C31H41F3N2S/c1-5-6-7-27(18-21(2)30-22(3)19-29(35)37-30)23(4)36-20-26-12-10-24(11-13-26)8-9-25-14-16-28(17-15-25)31(32,33)34/h10-17,19,21-22,27,30,36H,4-9,18,20,35H2,1-3H3. The lowest BCUT2D eigenvalue weighted by atomic mass is 9.84. The highest BCUT2D eigenvalue weighted by Crippen LogP contribution is 2.41. The minimum atomic E-state index is -4.29. The molecule has 0 saturated heterocycles. The van der Waals surface area contributed by atoms with E-state index in [-0.39, 0.29) is 0 Å². The van der Waals surface area contributed by atoms with Gasteiger partial charge in [0.25, 0.3) is 0 Å². The molecule has 0 aliphatic carbocycles. The lowest BCUT2D eigenvalue weighted by molar-refractivity contribution is -0.137. The third-order valence-electron chi connectivity index (χ3n) is 7.36. The molecule has 3 rings (SSSR count).